The van der Waals surface area contributed by atoms with E-state index >= 15 is 0 Å². The van der Waals surface area contributed by atoms with Crippen molar-refractivity contribution in [1.29, 1.82) is 0 Å². The van der Waals surface area contributed by atoms with Gasteiger partial charge in [0.05, 0.1) is 12.0 Å². The van der Waals surface area contributed by atoms with Crippen molar-refractivity contribution in [3.63, 3.8) is 0 Å². The highest BCUT2D eigenvalue weighted by atomic mass is 35.5. The fourth-order valence-electron chi connectivity index (χ4n) is 1.79. The number of hydrogen-bond donors (Lipinski definition) is 1. The second-order valence-corrected chi connectivity index (χ2v) is 4.90. The summed E-state index contributed by atoms with van der Waals surface area (Å²) in [6, 6.07) is 8.03. The third-order valence-corrected chi connectivity index (χ3v) is 3.47. The molecule has 16 heavy (non-hydrogen) atoms. The lowest BCUT2D eigenvalue weighted by Gasteiger charge is -2.13. The van der Waals surface area contributed by atoms with Crippen LogP contribution in [0.25, 0.3) is 0 Å². The number of nitrogens with one attached hydrogen (secondary N) is 1. The molecular weight excluding hydrogens is 222 g/mol. The maximum atomic E-state index is 11.8. The van der Waals surface area contributed by atoms with Crippen molar-refractivity contribution in [1.82, 2.24) is 5.32 Å². The summed E-state index contributed by atoms with van der Waals surface area (Å²) in [7, 11) is 0. The molecule has 1 aliphatic carbocycles. The summed E-state index contributed by atoms with van der Waals surface area (Å²) in [6.45, 7) is 2.03. The molecule has 0 spiro atoms. The molecule has 0 aliphatic heterocycles. The Morgan fingerprint density at radius 2 is 2.25 bits per heavy atom. The monoisotopic (exact) mass is 237 g/mol. The predicted octanol–water partition coefficient (Wildman–Crippen LogP) is 2.43. The second kappa shape index (κ2) is 4.46. The van der Waals surface area contributed by atoms with E-state index < -0.39 is 0 Å². The van der Waals surface area contributed by atoms with Crippen LogP contribution >= 0.6 is 11.6 Å². The second-order valence-electron chi connectivity index (χ2n) is 4.63. The number of amides is 1. The summed E-state index contributed by atoms with van der Waals surface area (Å²) in [4.78, 5) is 11.8. The Kier molecular flexibility index (Phi) is 3.20. The molecule has 3 heteroatoms. The minimum absolute atomic E-state index is 0.0729. The standard InChI is InChI=1S/C13H16ClNO/c1-10-3-2-4-11(7-10)8-12(16)15-13(9-14)5-6-13/h2-4,7H,5-6,8-9H2,1H3,(H,15,16). The van der Waals surface area contributed by atoms with E-state index in [2.05, 4.69) is 5.32 Å². The predicted molar refractivity (Wildman–Crippen MR) is 65.7 cm³/mol. The maximum Gasteiger partial charge on any atom is 0.224 e. The highest BCUT2D eigenvalue weighted by Crippen LogP contribution is 2.36. The van der Waals surface area contributed by atoms with Crippen LogP contribution in [0.5, 0.6) is 0 Å². The van der Waals surface area contributed by atoms with Crippen molar-refractivity contribution in [2.45, 2.75) is 31.7 Å². The van der Waals surface area contributed by atoms with Crippen LogP contribution in [0.15, 0.2) is 24.3 Å². The van der Waals surface area contributed by atoms with Gasteiger partial charge in [-0.3, -0.25) is 4.79 Å². The summed E-state index contributed by atoms with van der Waals surface area (Å²) in [5, 5.41) is 3.01. The first-order valence-electron chi connectivity index (χ1n) is 5.56. The fraction of sp³-hybridized carbons (Fsp3) is 0.462. The number of carbonyl (C=O) groups is 1. The summed E-state index contributed by atoms with van der Waals surface area (Å²) >= 11 is 5.81. The summed E-state index contributed by atoms with van der Waals surface area (Å²) in [6.07, 6.45) is 2.46. The van der Waals surface area contributed by atoms with Crippen molar-refractivity contribution >= 4 is 17.5 Å². The van der Waals surface area contributed by atoms with Gasteiger partial charge in [-0.1, -0.05) is 29.8 Å². The van der Waals surface area contributed by atoms with Crippen LogP contribution in [0, 0.1) is 6.92 Å². The first-order valence-corrected chi connectivity index (χ1v) is 6.10. The zero-order chi connectivity index (χ0) is 11.6. The lowest BCUT2D eigenvalue weighted by molar-refractivity contribution is -0.121. The van der Waals surface area contributed by atoms with Crippen LogP contribution in [0.2, 0.25) is 0 Å². The first-order chi connectivity index (χ1) is 7.63. The first kappa shape index (κ1) is 11.5. The largest absolute Gasteiger partial charge is 0.349 e. The smallest absolute Gasteiger partial charge is 0.224 e. The number of hydrogen-bond acceptors (Lipinski definition) is 1. The minimum atomic E-state index is -0.0948. The van der Waals surface area contributed by atoms with Gasteiger partial charge in [0.2, 0.25) is 5.91 Å². The van der Waals surface area contributed by atoms with Gasteiger partial charge in [-0.15, -0.1) is 11.6 Å². The normalized spacial score (nSPS) is 16.9. The Morgan fingerprint density at radius 1 is 1.50 bits per heavy atom. The van der Waals surface area contributed by atoms with Gasteiger partial charge in [0.15, 0.2) is 0 Å². The van der Waals surface area contributed by atoms with Crippen LogP contribution in [0.4, 0.5) is 0 Å². The van der Waals surface area contributed by atoms with Gasteiger partial charge in [0.1, 0.15) is 0 Å². The topological polar surface area (TPSA) is 29.1 Å². The van der Waals surface area contributed by atoms with E-state index in [4.69, 9.17) is 11.6 Å². The van der Waals surface area contributed by atoms with Crippen LogP contribution in [0.1, 0.15) is 24.0 Å². The molecule has 1 aromatic rings. The highest BCUT2D eigenvalue weighted by Gasteiger charge is 2.42. The molecule has 1 N–H and O–H groups in total. The third-order valence-electron chi connectivity index (χ3n) is 2.96. The molecule has 0 heterocycles. The number of carbonyl (C=O) groups excluding carboxylic acids is 1. The quantitative estimate of drug-likeness (QED) is 0.801. The van der Waals surface area contributed by atoms with Gasteiger partial charge in [-0.05, 0) is 25.3 Å². The van der Waals surface area contributed by atoms with Gasteiger partial charge in [-0.25, -0.2) is 0 Å². The number of benzene rings is 1. The molecule has 1 amide bonds. The third kappa shape index (κ3) is 2.76. The van der Waals surface area contributed by atoms with Gasteiger partial charge < -0.3 is 5.32 Å². The van der Waals surface area contributed by atoms with E-state index in [1.54, 1.807) is 0 Å². The molecule has 1 saturated carbocycles. The van der Waals surface area contributed by atoms with Crippen LogP contribution in [0.3, 0.4) is 0 Å². The van der Waals surface area contributed by atoms with Crippen molar-refractivity contribution in [3.8, 4) is 0 Å². The Bertz CT molecular complexity index is 399. The summed E-state index contributed by atoms with van der Waals surface area (Å²) in [5.41, 5.74) is 2.15. The van der Waals surface area contributed by atoms with Crippen LogP contribution in [-0.4, -0.2) is 17.3 Å². The Hall–Kier alpha value is -1.02. The van der Waals surface area contributed by atoms with E-state index in [9.17, 15) is 4.79 Å². The van der Waals surface area contributed by atoms with E-state index in [1.165, 1.54) is 5.56 Å². The molecule has 2 nitrogen and oxygen atoms in total. The molecule has 1 aromatic carbocycles. The molecule has 1 aliphatic rings. The van der Waals surface area contributed by atoms with Gasteiger partial charge in [0.25, 0.3) is 0 Å². The molecule has 2 rings (SSSR count). The zero-order valence-electron chi connectivity index (χ0n) is 9.42. The fourth-order valence-corrected chi connectivity index (χ4v) is 2.12. The SMILES string of the molecule is Cc1cccc(CC(=O)NC2(CCl)CC2)c1. The lowest BCUT2D eigenvalue weighted by atomic mass is 10.1. The highest BCUT2D eigenvalue weighted by molar-refractivity contribution is 6.19. The van der Waals surface area contributed by atoms with E-state index in [-0.39, 0.29) is 11.4 Å². The van der Waals surface area contributed by atoms with Gasteiger partial charge >= 0.3 is 0 Å². The average Bonchev–Trinajstić information content (AvgIpc) is 2.98. The maximum absolute atomic E-state index is 11.8. The number of rotatable bonds is 4. The molecule has 1 fully saturated rings. The van der Waals surface area contributed by atoms with E-state index in [1.807, 2.05) is 31.2 Å². The molecule has 0 radical (unpaired) electrons. The molecule has 0 saturated heterocycles. The van der Waals surface area contributed by atoms with Crippen molar-refractivity contribution < 1.29 is 4.79 Å². The Morgan fingerprint density at radius 3 is 2.81 bits per heavy atom. The van der Waals surface area contributed by atoms with Crippen LogP contribution < -0.4 is 5.32 Å². The van der Waals surface area contributed by atoms with Crippen molar-refractivity contribution in [2.24, 2.45) is 0 Å². The Labute approximate surface area is 101 Å². The van der Waals surface area contributed by atoms with E-state index in [0.717, 1.165) is 18.4 Å². The summed E-state index contributed by atoms with van der Waals surface area (Å²) in [5.74, 6) is 0.593. The lowest BCUT2D eigenvalue weighted by Crippen LogP contribution is -2.39. The number of alkyl halides is 1. The number of aryl methyl sites for hydroxylation is 1. The number of halogens is 1. The molecule has 0 unspecified atom stereocenters. The van der Waals surface area contributed by atoms with Gasteiger partial charge in [-0.2, -0.15) is 0 Å². The molecular formula is C13H16ClNO. The minimum Gasteiger partial charge on any atom is -0.349 e. The molecule has 0 bridgehead atoms. The van der Waals surface area contributed by atoms with Crippen molar-refractivity contribution in [3.05, 3.63) is 35.4 Å². The summed E-state index contributed by atoms with van der Waals surface area (Å²) < 4.78 is 0. The van der Waals surface area contributed by atoms with E-state index in [0.29, 0.717) is 12.3 Å². The zero-order valence-corrected chi connectivity index (χ0v) is 10.2. The molecule has 86 valence electrons. The molecule has 0 aromatic heterocycles. The van der Waals surface area contributed by atoms with Crippen LogP contribution in [-0.2, 0) is 11.2 Å². The van der Waals surface area contributed by atoms with Crippen molar-refractivity contribution in [2.75, 3.05) is 5.88 Å². The Balaban J connectivity index is 1.92. The average molecular weight is 238 g/mol. The van der Waals surface area contributed by atoms with Gasteiger partial charge in [0, 0.05) is 5.88 Å². The molecule has 0 atom stereocenters.